The third-order valence-electron chi connectivity index (χ3n) is 2.38. The standard InChI is InChI=1S/C10H24N2O5Si/c1-4-18(9-12-10(11)13,16-7-5-14-2)17-8-6-15-3/h4-9H2,1-3H3,(H3,11,12,13). The summed E-state index contributed by atoms with van der Waals surface area (Å²) in [7, 11) is 0.728. The zero-order valence-electron chi connectivity index (χ0n) is 11.4. The van der Waals surface area contributed by atoms with E-state index in [2.05, 4.69) is 5.32 Å². The second kappa shape index (κ2) is 10.3. The smallest absolute Gasteiger partial charge is 0.357 e. The van der Waals surface area contributed by atoms with Crippen molar-refractivity contribution in [1.82, 2.24) is 5.32 Å². The zero-order valence-corrected chi connectivity index (χ0v) is 12.4. The summed E-state index contributed by atoms with van der Waals surface area (Å²) in [6, 6.07) is 0.131. The summed E-state index contributed by atoms with van der Waals surface area (Å²) in [5.74, 6) is 0. The number of methoxy groups -OCH3 is 2. The van der Waals surface area contributed by atoms with Gasteiger partial charge >= 0.3 is 14.6 Å². The first kappa shape index (κ1) is 17.3. The molecule has 0 aromatic heterocycles. The van der Waals surface area contributed by atoms with Gasteiger partial charge in [-0.2, -0.15) is 0 Å². The maximum absolute atomic E-state index is 10.8. The Morgan fingerprint density at radius 2 is 1.61 bits per heavy atom. The first-order valence-electron chi connectivity index (χ1n) is 5.89. The molecule has 0 aromatic carbocycles. The fourth-order valence-electron chi connectivity index (χ4n) is 1.32. The van der Waals surface area contributed by atoms with Gasteiger partial charge in [-0.05, 0) is 6.04 Å². The number of amides is 2. The summed E-state index contributed by atoms with van der Waals surface area (Å²) < 4.78 is 21.4. The quantitative estimate of drug-likeness (QED) is 0.410. The van der Waals surface area contributed by atoms with Crippen LogP contribution in [0.1, 0.15) is 6.92 Å². The molecule has 0 heterocycles. The van der Waals surface area contributed by atoms with Crippen molar-refractivity contribution in [2.24, 2.45) is 5.73 Å². The van der Waals surface area contributed by atoms with Crippen LogP contribution in [0.3, 0.4) is 0 Å². The number of hydrogen-bond donors (Lipinski definition) is 2. The molecule has 0 saturated carbocycles. The van der Waals surface area contributed by atoms with E-state index in [4.69, 9.17) is 24.1 Å². The van der Waals surface area contributed by atoms with Crippen molar-refractivity contribution in [2.75, 3.05) is 46.8 Å². The molecule has 0 spiro atoms. The molecular formula is C10H24N2O5Si. The maximum atomic E-state index is 10.8. The van der Waals surface area contributed by atoms with E-state index in [-0.39, 0.29) is 0 Å². The van der Waals surface area contributed by atoms with Crippen molar-refractivity contribution in [2.45, 2.75) is 13.0 Å². The Labute approximate surface area is 109 Å². The minimum Gasteiger partial charge on any atom is -0.391 e. The highest BCUT2D eigenvalue weighted by molar-refractivity contribution is 6.67. The lowest BCUT2D eigenvalue weighted by Crippen LogP contribution is -2.54. The molecule has 18 heavy (non-hydrogen) atoms. The number of carbonyl (C=O) groups excluding carboxylic acids is 1. The summed E-state index contributed by atoms with van der Waals surface area (Å²) >= 11 is 0. The molecule has 0 fully saturated rings. The highest BCUT2D eigenvalue weighted by Gasteiger charge is 2.36. The lowest BCUT2D eigenvalue weighted by molar-refractivity contribution is 0.0858. The number of carbonyl (C=O) groups is 1. The third kappa shape index (κ3) is 7.61. The normalized spacial score (nSPS) is 11.5. The Hall–Kier alpha value is -0.673. The van der Waals surface area contributed by atoms with Crippen LogP contribution >= 0.6 is 0 Å². The van der Waals surface area contributed by atoms with Crippen molar-refractivity contribution in [3.05, 3.63) is 0 Å². The molecule has 8 heteroatoms. The SMILES string of the molecule is CC[Si](CNC(N)=O)(OCCOC)OCCOC. The van der Waals surface area contributed by atoms with E-state index < -0.39 is 14.6 Å². The van der Waals surface area contributed by atoms with Crippen LogP contribution in [-0.4, -0.2) is 61.4 Å². The molecular weight excluding hydrogens is 256 g/mol. The van der Waals surface area contributed by atoms with Gasteiger partial charge in [0, 0.05) is 14.2 Å². The Balaban J connectivity index is 4.34. The molecule has 108 valence electrons. The van der Waals surface area contributed by atoms with Crippen LogP contribution in [-0.2, 0) is 18.3 Å². The third-order valence-corrected chi connectivity index (χ3v) is 5.63. The van der Waals surface area contributed by atoms with E-state index in [0.29, 0.717) is 38.6 Å². The fourth-order valence-corrected chi connectivity index (χ4v) is 3.62. The second-order valence-corrected chi connectivity index (χ2v) is 7.12. The number of nitrogens with one attached hydrogen (secondary N) is 1. The van der Waals surface area contributed by atoms with Gasteiger partial charge < -0.3 is 29.4 Å². The lowest BCUT2D eigenvalue weighted by Gasteiger charge is -2.29. The van der Waals surface area contributed by atoms with Gasteiger partial charge in [0.05, 0.1) is 32.6 Å². The van der Waals surface area contributed by atoms with Crippen molar-refractivity contribution in [3.63, 3.8) is 0 Å². The molecule has 0 radical (unpaired) electrons. The van der Waals surface area contributed by atoms with Crippen molar-refractivity contribution < 1.29 is 23.1 Å². The van der Waals surface area contributed by atoms with Gasteiger partial charge in [-0.3, -0.25) is 0 Å². The Morgan fingerprint density at radius 1 is 1.11 bits per heavy atom. The average molecular weight is 280 g/mol. The van der Waals surface area contributed by atoms with Gasteiger partial charge in [-0.1, -0.05) is 6.92 Å². The van der Waals surface area contributed by atoms with E-state index in [0.717, 1.165) is 0 Å². The first-order chi connectivity index (χ1) is 8.60. The van der Waals surface area contributed by atoms with Gasteiger partial charge in [0.25, 0.3) is 0 Å². The van der Waals surface area contributed by atoms with Crippen LogP contribution < -0.4 is 11.1 Å². The Morgan fingerprint density at radius 3 is 1.94 bits per heavy atom. The van der Waals surface area contributed by atoms with E-state index in [9.17, 15) is 4.79 Å². The minimum absolute atomic E-state index is 0.326. The average Bonchev–Trinajstić information content (AvgIpc) is 2.36. The molecule has 0 aliphatic carbocycles. The van der Waals surface area contributed by atoms with E-state index in [1.165, 1.54) is 0 Å². The number of nitrogens with two attached hydrogens (primary N) is 1. The molecule has 0 unspecified atom stereocenters. The van der Waals surface area contributed by atoms with Gasteiger partial charge in [-0.15, -0.1) is 0 Å². The fraction of sp³-hybridized carbons (Fsp3) is 0.900. The minimum atomic E-state index is -2.48. The largest absolute Gasteiger partial charge is 0.391 e. The van der Waals surface area contributed by atoms with E-state index in [1.54, 1.807) is 14.2 Å². The van der Waals surface area contributed by atoms with Crippen LogP contribution in [0.5, 0.6) is 0 Å². The zero-order chi connectivity index (χ0) is 13.9. The summed E-state index contributed by atoms with van der Waals surface area (Å²) in [5.41, 5.74) is 5.08. The topological polar surface area (TPSA) is 92.0 Å². The summed E-state index contributed by atoms with van der Waals surface area (Å²) in [4.78, 5) is 10.8. The predicted octanol–water partition coefficient (Wildman–Crippen LogP) is -0.0180. The molecule has 0 aliphatic heterocycles. The number of ether oxygens (including phenoxy) is 2. The predicted molar refractivity (Wildman–Crippen MR) is 69.5 cm³/mol. The molecule has 2 amide bonds. The van der Waals surface area contributed by atoms with Gasteiger partial charge in [-0.25, -0.2) is 4.79 Å². The van der Waals surface area contributed by atoms with Crippen LogP contribution in [0, 0.1) is 0 Å². The van der Waals surface area contributed by atoms with E-state index in [1.807, 2.05) is 6.92 Å². The van der Waals surface area contributed by atoms with Gasteiger partial charge in [0.15, 0.2) is 0 Å². The van der Waals surface area contributed by atoms with Crippen LogP contribution in [0.25, 0.3) is 0 Å². The van der Waals surface area contributed by atoms with Crippen LogP contribution in [0.15, 0.2) is 0 Å². The van der Waals surface area contributed by atoms with Gasteiger partial charge in [0.2, 0.25) is 0 Å². The molecule has 0 atom stereocenters. The highest BCUT2D eigenvalue weighted by Crippen LogP contribution is 2.12. The van der Waals surface area contributed by atoms with Gasteiger partial charge in [0.1, 0.15) is 0 Å². The number of urea groups is 1. The second-order valence-electron chi connectivity index (χ2n) is 3.66. The highest BCUT2D eigenvalue weighted by atomic mass is 28.4. The molecule has 0 aliphatic rings. The summed E-state index contributed by atoms with van der Waals surface area (Å²) in [5, 5.41) is 2.56. The van der Waals surface area contributed by atoms with E-state index >= 15 is 0 Å². The molecule has 0 bridgehead atoms. The first-order valence-corrected chi connectivity index (χ1v) is 8.12. The van der Waals surface area contributed by atoms with Crippen molar-refractivity contribution >= 4 is 14.6 Å². The van der Waals surface area contributed by atoms with Crippen LogP contribution in [0.4, 0.5) is 4.79 Å². The Kier molecular flexibility index (Phi) is 9.88. The molecule has 0 rings (SSSR count). The maximum Gasteiger partial charge on any atom is 0.357 e. The van der Waals surface area contributed by atoms with Crippen LogP contribution in [0.2, 0.25) is 6.04 Å². The summed E-state index contributed by atoms with van der Waals surface area (Å²) in [6.45, 7) is 3.81. The van der Waals surface area contributed by atoms with Crippen molar-refractivity contribution in [1.29, 1.82) is 0 Å². The number of rotatable bonds is 11. The summed E-state index contributed by atoms with van der Waals surface area (Å²) in [6.07, 6.45) is 0.326. The molecule has 0 saturated heterocycles. The molecule has 7 nitrogen and oxygen atoms in total. The molecule has 3 N–H and O–H groups in total. The lowest BCUT2D eigenvalue weighted by atomic mass is 10.8. The number of hydrogen-bond acceptors (Lipinski definition) is 5. The van der Waals surface area contributed by atoms with Crippen molar-refractivity contribution in [3.8, 4) is 0 Å². The number of primary amides is 1. The Bertz CT molecular complexity index is 220. The molecule has 0 aromatic rings. The monoisotopic (exact) mass is 280 g/mol.